The van der Waals surface area contributed by atoms with Crippen molar-refractivity contribution in [1.82, 2.24) is 79.7 Å². The van der Waals surface area contributed by atoms with Crippen LogP contribution in [0.1, 0.15) is 11.4 Å². The Morgan fingerprint density at radius 1 is 0.361 bits per heavy atom. The number of benzene rings is 7. The van der Waals surface area contributed by atoms with Gasteiger partial charge in [-0.15, -0.1) is 0 Å². The van der Waals surface area contributed by atoms with Gasteiger partial charge in [0.25, 0.3) is 0 Å². The number of aromatic hydroxyl groups is 1. The number of nitrogens with one attached hydrogen (secondary N) is 5. The van der Waals surface area contributed by atoms with Crippen LogP contribution in [0.3, 0.4) is 0 Å². The number of halogens is 10. The summed E-state index contributed by atoms with van der Waals surface area (Å²) in [5.41, 5.74) is 28.8. The number of fused-ring (bicyclic) bond motifs is 1. The van der Waals surface area contributed by atoms with Gasteiger partial charge in [0, 0.05) is 206 Å². The number of nitrogens with two attached hydrogens (primary N) is 4. The Balaban J connectivity index is 0.000000134. The number of alkyl halides is 3. The van der Waals surface area contributed by atoms with E-state index in [1.807, 2.05) is 116 Å². The molecule has 41 heteroatoms. The molecule has 0 amide bonds. The van der Waals surface area contributed by atoms with Gasteiger partial charge in [-0.25, -0.2) is 38.7 Å². The zero-order valence-electron chi connectivity index (χ0n) is 68.6. The number of hydrogen-bond acceptors (Lipinski definition) is 31. The molecule has 0 saturated heterocycles. The number of phenols is 1. The summed E-state index contributed by atoms with van der Waals surface area (Å²) in [5.74, 6) is 2.11. The van der Waals surface area contributed by atoms with Gasteiger partial charge in [-0.1, -0.05) is 117 Å². The predicted octanol–water partition coefficient (Wildman–Crippen LogP) is 25.3. The SMILES string of the molecule is Cc1cc(Nc2ccc(Sc3ccc(O)cc3)cc2)nc(N)n1.Fc1cc(Nc2nccc(C(F)(F)F)n2)ccc1Oc1cccc2cnccc12.Nc1nc(Cl)cc(Nc2cc(Cl)c(Sc3ccncc3)c(Cl)c2)n1.Nc1nc(Nc2cc(Cl)c(Sc3ccncc3)c(Cl)c2)cc(-c2ccncc2)n1.Nc1nc(Nc2ccc(Sc3ccncc3)c(F)c2)cc(-c2ccncc2)n1. The van der Waals surface area contributed by atoms with Crippen molar-refractivity contribution in [1.29, 1.82) is 0 Å². The molecule has 0 fully saturated rings. The molecule has 11 heterocycles. The smallest absolute Gasteiger partial charge is 0.433 e. The Labute approximate surface area is 797 Å². The summed E-state index contributed by atoms with van der Waals surface area (Å²) in [7, 11) is 0. The van der Waals surface area contributed by atoms with Gasteiger partial charge in [0.2, 0.25) is 29.7 Å². The van der Waals surface area contributed by atoms with Gasteiger partial charge < -0.3 is 59.4 Å². The number of hydrogen-bond donors (Lipinski definition) is 10. The molecule has 0 aliphatic carbocycles. The van der Waals surface area contributed by atoms with Crippen LogP contribution in [-0.2, 0) is 6.18 Å². The molecule has 0 bridgehead atoms. The van der Waals surface area contributed by atoms with Gasteiger partial charge in [-0.3, -0.25) is 29.9 Å². The number of ether oxygens (including phenoxy) is 1. The number of anilines is 14. The molecule has 0 aliphatic heterocycles. The van der Waals surface area contributed by atoms with Crippen LogP contribution < -0.4 is 54.3 Å². The van der Waals surface area contributed by atoms with E-state index in [1.54, 1.807) is 171 Å². The van der Waals surface area contributed by atoms with Gasteiger partial charge in [-0.2, -0.15) is 33.1 Å². The van der Waals surface area contributed by atoms with Crippen LogP contribution in [-0.4, -0.2) is 84.9 Å². The molecule has 0 spiro atoms. The average molecular weight is 1960 g/mol. The minimum Gasteiger partial charge on any atom is -0.508 e. The first-order chi connectivity index (χ1) is 64.2. The molecule has 0 saturated carbocycles. The van der Waals surface area contributed by atoms with Gasteiger partial charge >= 0.3 is 6.18 Å². The first-order valence-electron chi connectivity index (χ1n) is 38.9. The molecule has 0 unspecified atom stereocenters. The third-order valence-corrected chi connectivity index (χ3v) is 23.8. The topological polar surface area (TPSA) is 400 Å². The highest BCUT2D eigenvalue weighted by molar-refractivity contribution is 8.00. The van der Waals surface area contributed by atoms with Crippen molar-refractivity contribution in [3.05, 3.63) is 353 Å². The molecule has 133 heavy (non-hydrogen) atoms. The van der Waals surface area contributed by atoms with E-state index in [-0.39, 0.29) is 57.9 Å². The van der Waals surface area contributed by atoms with Crippen molar-refractivity contribution >= 4 is 197 Å². The summed E-state index contributed by atoms with van der Waals surface area (Å²) in [5, 5.41) is 28.3. The summed E-state index contributed by atoms with van der Waals surface area (Å²) in [4.78, 5) is 71.3. The van der Waals surface area contributed by atoms with Gasteiger partial charge in [0.1, 0.15) is 51.4 Å². The normalized spacial score (nSPS) is 10.8. The predicted molar refractivity (Wildman–Crippen MR) is 517 cm³/mol. The van der Waals surface area contributed by atoms with E-state index in [4.69, 9.17) is 85.7 Å². The quantitative estimate of drug-likeness (QED) is 0.0222. The van der Waals surface area contributed by atoms with Crippen LogP contribution in [0, 0.1) is 18.6 Å². The highest BCUT2D eigenvalue weighted by Crippen LogP contribution is 2.44. The van der Waals surface area contributed by atoms with E-state index in [2.05, 4.69) is 106 Å². The van der Waals surface area contributed by atoms with E-state index in [0.717, 1.165) is 85.9 Å². The Morgan fingerprint density at radius 2 is 0.789 bits per heavy atom. The standard InChI is InChI=1S/C20H14Cl2N6S.C20H12F4N4O.C20H15FN6S.C17H16N4OS.C15H10Cl3N5S/c21-15-9-13(10-16(22)19(15)29-14-3-7-25-8-4-14)26-18-11-17(27-20(23)28-18)12-1-5-24-6-2-12;21-15-10-13(27-19-26-9-7-18(28-19)20(22,23)24)4-5-17(15)29-16-3-1-2-12-11-25-8-6-14(12)16;21-16-11-14(1-2-18(16)28-15-5-9-24-10-6-15)25-19-12-17(26-20(22)27-19)13-3-7-23-8-4-13;1-11-10-16(21-17(18)19-11)20-12-2-6-14(7-3-12)23-15-8-4-13(22)5-9-15;16-10-5-8(21-13-7-12(18)22-15(19)23-13)6-11(17)14(10)24-9-1-3-20-4-2-9/h1-11H,(H3,23,26,27,28);1-11H,(H,26,27,28);1-12H,(H3,22,25,26,27);2-10,22H,1H3,(H3,18,19,20,21);1-7H,(H3,19,21,22,23). The monoisotopic (exact) mass is 1950 g/mol. The maximum Gasteiger partial charge on any atom is 0.433 e. The highest BCUT2D eigenvalue weighted by atomic mass is 35.5. The molecule has 14 N–H and O–H groups in total. The molecule has 18 rings (SSSR count). The Morgan fingerprint density at radius 3 is 1.29 bits per heavy atom. The lowest BCUT2D eigenvalue weighted by molar-refractivity contribution is -0.141. The number of nitrogen functional groups attached to an aromatic ring is 4. The van der Waals surface area contributed by atoms with E-state index in [1.165, 1.54) is 53.5 Å². The molecule has 27 nitrogen and oxygen atoms in total. The van der Waals surface area contributed by atoms with Crippen molar-refractivity contribution < 1.29 is 31.8 Å². The lowest BCUT2D eigenvalue weighted by atomic mass is 10.1. The van der Waals surface area contributed by atoms with Crippen LogP contribution in [0.15, 0.2) is 344 Å². The van der Waals surface area contributed by atoms with Crippen molar-refractivity contribution in [3.63, 3.8) is 0 Å². The van der Waals surface area contributed by atoms with Crippen molar-refractivity contribution in [2.45, 2.75) is 52.3 Å². The van der Waals surface area contributed by atoms with Crippen LogP contribution >= 0.6 is 105 Å². The fourth-order valence-corrected chi connectivity index (χ4v) is 16.6. The summed E-state index contributed by atoms with van der Waals surface area (Å²) in [6.45, 7) is 1.88. The summed E-state index contributed by atoms with van der Waals surface area (Å²) < 4.78 is 72.9. The molecule has 0 atom stereocenters. The van der Waals surface area contributed by atoms with E-state index < -0.39 is 17.7 Å². The van der Waals surface area contributed by atoms with Crippen molar-refractivity contribution in [3.8, 4) is 39.8 Å². The molecular weight excluding hydrogens is 1890 g/mol. The van der Waals surface area contributed by atoms with E-state index in [0.29, 0.717) is 82.5 Å². The fourth-order valence-electron chi connectivity index (χ4n) is 11.8. The third kappa shape index (κ3) is 28.0. The molecule has 666 valence electrons. The van der Waals surface area contributed by atoms with Gasteiger partial charge in [-0.05, 0) is 189 Å². The Bertz CT molecular complexity index is 6950. The lowest BCUT2D eigenvalue weighted by Crippen LogP contribution is -2.10. The Kier molecular flexibility index (Phi) is 32.2. The number of pyridine rings is 6. The minimum absolute atomic E-state index is 0.0372. The van der Waals surface area contributed by atoms with Crippen LogP contribution in [0.25, 0.3) is 33.3 Å². The van der Waals surface area contributed by atoms with Gasteiger partial charge in [0.05, 0.1) is 31.5 Å². The molecule has 18 aromatic rings. The molecule has 0 aliphatic rings. The summed E-state index contributed by atoms with van der Waals surface area (Å²) in [6, 6.07) is 64.4. The zero-order valence-corrected chi connectivity index (χ0v) is 75.6. The van der Waals surface area contributed by atoms with E-state index in [9.17, 15) is 27.1 Å². The zero-order chi connectivity index (χ0) is 93.3. The second-order valence-electron chi connectivity index (χ2n) is 27.3. The maximum atomic E-state index is 14.5. The highest BCUT2D eigenvalue weighted by Gasteiger charge is 2.33. The second kappa shape index (κ2) is 45.3. The number of rotatable bonds is 22. The van der Waals surface area contributed by atoms with Crippen LogP contribution in [0.2, 0.25) is 25.2 Å². The lowest BCUT2D eigenvalue weighted by Gasteiger charge is -2.12. The second-order valence-corrected chi connectivity index (χ2v) is 33.7. The largest absolute Gasteiger partial charge is 0.508 e. The molecule has 0 radical (unpaired) electrons. The van der Waals surface area contributed by atoms with Gasteiger partial charge in [0.15, 0.2) is 11.6 Å². The third-order valence-electron chi connectivity index (χ3n) is 17.6. The first kappa shape index (κ1) is 94.5. The van der Waals surface area contributed by atoms with Crippen LogP contribution in [0.5, 0.6) is 17.2 Å². The van der Waals surface area contributed by atoms with Crippen molar-refractivity contribution in [2.24, 2.45) is 0 Å². The van der Waals surface area contributed by atoms with Crippen molar-refractivity contribution in [2.75, 3.05) is 49.5 Å². The molecule has 7 aromatic carbocycles. The van der Waals surface area contributed by atoms with Crippen LogP contribution in [0.4, 0.5) is 103 Å². The number of aryl methyl sites for hydroxylation is 1. The molecule has 11 aromatic heterocycles. The maximum absolute atomic E-state index is 14.5. The van der Waals surface area contributed by atoms with E-state index >= 15 is 0 Å². The summed E-state index contributed by atoms with van der Waals surface area (Å²) in [6.07, 6.45) is 16.6. The number of nitrogens with zero attached hydrogens (tertiary/aromatic N) is 16. The first-order valence-corrected chi connectivity index (χ1v) is 44.1. The summed E-state index contributed by atoms with van der Waals surface area (Å²) >= 11 is 37.5. The average Bonchev–Trinajstić information content (AvgIpc) is 0.814. The number of phenolic OH excluding ortho intramolecular Hbond substituents is 1. The Hall–Kier alpha value is -14.6. The number of aromatic nitrogens is 16. The fraction of sp³-hybridized carbons (Fsp3) is 0.0217. The molecular formula is C92H67Cl5F5N25O2S4. The minimum atomic E-state index is -4.60.